The molecule has 0 amide bonds. The van der Waals surface area contributed by atoms with Gasteiger partial charge < -0.3 is 0 Å². The maximum atomic E-state index is 5.53. The molecule has 0 radical (unpaired) electrons. The first-order chi connectivity index (χ1) is 4.38. The van der Waals surface area contributed by atoms with Crippen LogP contribution in [0, 0.1) is 0 Å². The second kappa shape index (κ2) is 1.44. The van der Waals surface area contributed by atoms with Crippen molar-refractivity contribution in [3.63, 3.8) is 0 Å². The van der Waals surface area contributed by atoms with Crippen LogP contribution in [-0.4, -0.2) is 24.8 Å². The molecule has 0 saturated heterocycles. The Kier molecular flexibility index (Phi) is 0.762. The summed E-state index contributed by atoms with van der Waals surface area (Å²) >= 11 is 5.53. The molecule has 0 aliphatic rings. The van der Waals surface area contributed by atoms with Crippen LogP contribution in [0.1, 0.15) is 0 Å². The van der Waals surface area contributed by atoms with Crippen LogP contribution in [0.2, 0.25) is 5.28 Å². The van der Waals surface area contributed by atoms with Gasteiger partial charge in [0.25, 0.3) is 5.78 Å². The monoisotopic (exact) mass is 143 g/mol. The number of nitrogens with one attached hydrogen (secondary N) is 1. The largest absolute Gasteiger partial charge is 0.278 e. The molecule has 0 fully saturated rings. The van der Waals surface area contributed by atoms with Crippen LogP contribution in [0.4, 0.5) is 0 Å². The Hall–Kier alpha value is -1.10. The molecule has 9 heavy (non-hydrogen) atoms. The van der Waals surface area contributed by atoms with Crippen LogP contribution in [0.5, 0.6) is 0 Å². The van der Waals surface area contributed by atoms with E-state index in [4.69, 9.17) is 11.6 Å². The Morgan fingerprint density at radius 3 is 3.22 bits per heavy atom. The summed E-state index contributed by atoms with van der Waals surface area (Å²) in [5.41, 5.74) is 0. The third kappa shape index (κ3) is 0.517. The van der Waals surface area contributed by atoms with E-state index in [1.165, 1.54) is 10.8 Å². The number of fused-ring (bicyclic) bond motifs is 1. The maximum Gasteiger partial charge on any atom is 0.272 e. The average Bonchev–Trinajstić information content (AvgIpc) is 2.35. The van der Waals surface area contributed by atoms with Crippen molar-refractivity contribution >= 4 is 17.4 Å². The normalized spacial score (nSPS) is 10.8. The summed E-state index contributed by atoms with van der Waals surface area (Å²) in [5.74, 6) is 0.486. The van der Waals surface area contributed by atoms with Crippen molar-refractivity contribution in [1.82, 2.24) is 24.8 Å². The molecule has 0 unspecified atom stereocenters. The SMILES string of the molecule is Clc1nnc2nc[nH]n12. The van der Waals surface area contributed by atoms with Crippen molar-refractivity contribution in [2.75, 3.05) is 0 Å². The number of hydrogen-bond donors (Lipinski definition) is 1. The molecule has 0 saturated carbocycles. The van der Waals surface area contributed by atoms with E-state index in [0.717, 1.165) is 0 Å². The Bertz CT molecular complexity index is 321. The molecule has 6 heteroatoms. The third-order valence-electron chi connectivity index (χ3n) is 0.973. The Morgan fingerprint density at radius 2 is 2.44 bits per heavy atom. The smallest absolute Gasteiger partial charge is 0.272 e. The van der Waals surface area contributed by atoms with Gasteiger partial charge in [0.1, 0.15) is 6.33 Å². The summed E-state index contributed by atoms with van der Waals surface area (Å²) in [4.78, 5) is 3.79. The van der Waals surface area contributed by atoms with E-state index >= 15 is 0 Å². The lowest BCUT2D eigenvalue weighted by Crippen LogP contribution is -1.80. The molecule has 0 aliphatic heterocycles. The van der Waals surface area contributed by atoms with Crippen molar-refractivity contribution in [1.29, 1.82) is 0 Å². The van der Waals surface area contributed by atoms with Gasteiger partial charge in [0.2, 0.25) is 5.28 Å². The van der Waals surface area contributed by atoms with Gasteiger partial charge in [-0.1, -0.05) is 0 Å². The van der Waals surface area contributed by atoms with Gasteiger partial charge in [-0.2, -0.15) is 9.50 Å². The highest BCUT2D eigenvalue weighted by Gasteiger charge is 2.00. The van der Waals surface area contributed by atoms with E-state index < -0.39 is 0 Å². The lowest BCUT2D eigenvalue weighted by Gasteiger charge is -1.76. The first-order valence-electron chi connectivity index (χ1n) is 2.28. The van der Waals surface area contributed by atoms with Crippen LogP contribution in [0.25, 0.3) is 5.78 Å². The average molecular weight is 144 g/mol. The predicted octanol–water partition coefficient (Wildman–Crippen LogP) is 0.106. The van der Waals surface area contributed by atoms with Gasteiger partial charge in [0, 0.05) is 0 Å². The van der Waals surface area contributed by atoms with E-state index in [-0.39, 0.29) is 0 Å². The Balaban J connectivity index is 2.99. The Morgan fingerprint density at radius 1 is 1.56 bits per heavy atom. The van der Waals surface area contributed by atoms with Crippen molar-refractivity contribution < 1.29 is 0 Å². The lowest BCUT2D eigenvalue weighted by molar-refractivity contribution is 0.954. The zero-order valence-electron chi connectivity index (χ0n) is 4.24. The summed E-state index contributed by atoms with van der Waals surface area (Å²) < 4.78 is 1.47. The van der Waals surface area contributed by atoms with E-state index in [0.29, 0.717) is 11.1 Å². The molecule has 0 aromatic carbocycles. The second-order valence-corrected chi connectivity index (χ2v) is 1.83. The molecular formula is C3H2ClN5. The molecule has 46 valence electrons. The fourth-order valence-electron chi connectivity index (χ4n) is 0.597. The number of H-pyrrole nitrogens is 1. The van der Waals surface area contributed by atoms with Crippen molar-refractivity contribution in [3.8, 4) is 0 Å². The molecule has 2 heterocycles. The Labute approximate surface area is 54.7 Å². The highest BCUT2D eigenvalue weighted by atomic mass is 35.5. The second-order valence-electron chi connectivity index (χ2n) is 1.49. The van der Waals surface area contributed by atoms with Gasteiger partial charge >= 0.3 is 0 Å². The molecule has 2 aromatic rings. The van der Waals surface area contributed by atoms with E-state index in [1.54, 1.807) is 0 Å². The molecular weight excluding hydrogens is 142 g/mol. The highest BCUT2D eigenvalue weighted by molar-refractivity contribution is 6.28. The van der Waals surface area contributed by atoms with Crippen molar-refractivity contribution in [2.24, 2.45) is 0 Å². The zero-order chi connectivity index (χ0) is 6.27. The molecule has 0 spiro atoms. The van der Waals surface area contributed by atoms with Gasteiger partial charge in [0.05, 0.1) is 0 Å². The third-order valence-corrected chi connectivity index (χ3v) is 1.22. The molecule has 5 nitrogen and oxygen atoms in total. The van der Waals surface area contributed by atoms with Gasteiger partial charge in [-0.3, -0.25) is 5.10 Å². The standard InChI is InChI=1S/C3H2ClN5/c4-2-7-8-3-5-1-6-9(2)3/h1H,(H,5,6,8). The number of aromatic nitrogens is 5. The fourth-order valence-corrected chi connectivity index (χ4v) is 0.759. The fraction of sp³-hybridized carbons (Fsp3) is 0. The molecule has 0 aliphatic carbocycles. The number of rotatable bonds is 0. The molecule has 2 rings (SSSR count). The molecule has 2 aromatic heterocycles. The molecule has 1 N–H and O–H groups in total. The summed E-state index contributed by atoms with van der Waals surface area (Å²) in [5, 5.41) is 10.2. The predicted molar refractivity (Wildman–Crippen MR) is 30.1 cm³/mol. The van der Waals surface area contributed by atoms with Crippen molar-refractivity contribution in [3.05, 3.63) is 11.6 Å². The minimum Gasteiger partial charge on any atom is -0.278 e. The summed E-state index contributed by atoms with van der Waals surface area (Å²) in [6.45, 7) is 0. The summed E-state index contributed by atoms with van der Waals surface area (Å²) in [6, 6.07) is 0. The number of aromatic amines is 1. The van der Waals surface area contributed by atoms with Crippen LogP contribution >= 0.6 is 11.6 Å². The van der Waals surface area contributed by atoms with Crippen molar-refractivity contribution in [2.45, 2.75) is 0 Å². The van der Waals surface area contributed by atoms with E-state index in [2.05, 4.69) is 20.3 Å². The lowest BCUT2D eigenvalue weighted by atomic mass is 11.1. The molecule has 0 atom stereocenters. The number of hydrogen-bond acceptors (Lipinski definition) is 3. The van der Waals surface area contributed by atoms with Gasteiger partial charge in [-0.15, -0.1) is 10.2 Å². The molecule has 0 bridgehead atoms. The first kappa shape index (κ1) is 4.75. The minimum atomic E-state index is 0.294. The van der Waals surface area contributed by atoms with Crippen LogP contribution in [-0.2, 0) is 0 Å². The van der Waals surface area contributed by atoms with Gasteiger partial charge in [-0.25, -0.2) is 0 Å². The first-order valence-corrected chi connectivity index (χ1v) is 2.66. The van der Waals surface area contributed by atoms with Crippen LogP contribution < -0.4 is 0 Å². The van der Waals surface area contributed by atoms with E-state index in [1.807, 2.05) is 0 Å². The van der Waals surface area contributed by atoms with Crippen LogP contribution in [0.15, 0.2) is 6.33 Å². The maximum absolute atomic E-state index is 5.53. The number of halogens is 1. The quantitative estimate of drug-likeness (QED) is 0.569. The summed E-state index contributed by atoms with van der Waals surface area (Å²) in [7, 11) is 0. The van der Waals surface area contributed by atoms with E-state index in [9.17, 15) is 0 Å². The van der Waals surface area contributed by atoms with Gasteiger partial charge in [-0.05, 0) is 11.6 Å². The minimum absolute atomic E-state index is 0.294. The highest BCUT2D eigenvalue weighted by Crippen LogP contribution is 2.02. The van der Waals surface area contributed by atoms with Crippen LogP contribution in [0.3, 0.4) is 0 Å². The zero-order valence-corrected chi connectivity index (χ0v) is 5.00. The number of nitrogens with zero attached hydrogens (tertiary/aromatic N) is 4. The topological polar surface area (TPSA) is 58.9 Å². The summed E-state index contributed by atoms with van der Waals surface area (Å²) in [6.07, 6.45) is 1.50. The van der Waals surface area contributed by atoms with Gasteiger partial charge in [0.15, 0.2) is 0 Å².